The van der Waals surface area contributed by atoms with E-state index in [1.54, 1.807) is 0 Å². The Kier molecular flexibility index (Phi) is 8.43. The highest BCUT2D eigenvalue weighted by Crippen LogP contribution is 2.31. The van der Waals surface area contributed by atoms with Crippen LogP contribution in [0.5, 0.6) is 0 Å². The fourth-order valence-corrected chi connectivity index (χ4v) is 5.52. The Bertz CT molecular complexity index is 860. The highest BCUT2D eigenvalue weighted by Gasteiger charge is 2.25. The van der Waals surface area contributed by atoms with Gasteiger partial charge in [-0.15, -0.1) is 0 Å². The smallest absolute Gasteiger partial charge is 0.309 e. The number of rotatable bonds is 7. The minimum Gasteiger partial charge on any atom is -0.374 e. The largest absolute Gasteiger partial charge is 0.374 e. The summed E-state index contributed by atoms with van der Waals surface area (Å²) < 4.78 is 0. The Morgan fingerprint density at radius 2 is 1.76 bits per heavy atom. The summed E-state index contributed by atoms with van der Waals surface area (Å²) in [7, 11) is 2.16. The Morgan fingerprint density at radius 3 is 2.55 bits per heavy atom. The van der Waals surface area contributed by atoms with Gasteiger partial charge in [-0.05, 0) is 88.1 Å². The predicted octanol–water partition coefficient (Wildman–Crippen LogP) is 3.72. The molecule has 2 amide bonds. The molecule has 0 unspecified atom stereocenters. The number of anilines is 1. The third-order valence-electron chi connectivity index (χ3n) is 7.45. The van der Waals surface area contributed by atoms with Gasteiger partial charge >= 0.3 is 11.8 Å². The van der Waals surface area contributed by atoms with Crippen molar-refractivity contribution < 1.29 is 9.59 Å². The zero-order valence-electron chi connectivity index (χ0n) is 20.2. The van der Waals surface area contributed by atoms with E-state index in [9.17, 15) is 9.59 Å². The molecule has 4 rings (SSSR count). The van der Waals surface area contributed by atoms with E-state index in [1.165, 1.54) is 60.9 Å². The first-order valence-corrected chi connectivity index (χ1v) is 12.9. The van der Waals surface area contributed by atoms with Gasteiger partial charge in [-0.25, -0.2) is 0 Å². The second-order valence-electron chi connectivity index (χ2n) is 9.85. The van der Waals surface area contributed by atoms with Crippen LogP contribution in [0.2, 0.25) is 0 Å². The molecule has 1 atom stereocenters. The van der Waals surface area contributed by atoms with Crippen LogP contribution in [-0.4, -0.2) is 56.5 Å². The summed E-state index contributed by atoms with van der Waals surface area (Å²) >= 11 is 0. The standard InChI is InChI=1S/C27H40N4O2/c1-30-16-8-11-22-19-23(12-13-24(22)30)25(31-17-6-3-7-18-31)20-29-27(33)26(32)28-15-14-21-9-4-2-5-10-21/h9,12-13,19,25H,2-8,10-11,14-18,20H2,1H3,(H,28,32)(H,29,33)/t25-/m0/s1. The quantitative estimate of drug-likeness (QED) is 0.489. The lowest BCUT2D eigenvalue weighted by molar-refractivity contribution is -0.139. The Hall–Kier alpha value is -2.34. The van der Waals surface area contributed by atoms with E-state index in [0.717, 1.165) is 45.3 Å². The number of carbonyl (C=O) groups is 2. The normalized spacial score (nSPS) is 19.9. The van der Waals surface area contributed by atoms with Crippen LogP contribution in [0.15, 0.2) is 29.8 Å². The number of likely N-dealkylation sites (tertiary alicyclic amines) is 1. The molecule has 0 bridgehead atoms. The average molecular weight is 453 g/mol. The van der Waals surface area contributed by atoms with Gasteiger partial charge in [0, 0.05) is 32.4 Å². The van der Waals surface area contributed by atoms with Crippen molar-refractivity contribution in [2.45, 2.75) is 70.3 Å². The van der Waals surface area contributed by atoms with Gasteiger partial charge in [0.25, 0.3) is 0 Å². The molecule has 0 radical (unpaired) electrons. The number of nitrogens with one attached hydrogen (secondary N) is 2. The monoisotopic (exact) mass is 452 g/mol. The molecule has 2 aliphatic heterocycles. The Labute approximate surface area is 198 Å². The lowest BCUT2D eigenvalue weighted by Crippen LogP contribution is -2.45. The number of hydrogen-bond acceptors (Lipinski definition) is 4. The predicted molar refractivity (Wildman–Crippen MR) is 133 cm³/mol. The molecule has 6 heteroatoms. The van der Waals surface area contributed by atoms with Crippen LogP contribution in [0.3, 0.4) is 0 Å². The fourth-order valence-electron chi connectivity index (χ4n) is 5.52. The number of nitrogens with zero attached hydrogens (tertiary/aromatic N) is 2. The van der Waals surface area contributed by atoms with Gasteiger partial charge in [-0.2, -0.15) is 0 Å². The molecule has 180 valence electrons. The fraction of sp³-hybridized carbons (Fsp3) is 0.630. The van der Waals surface area contributed by atoms with E-state index in [0.29, 0.717) is 13.1 Å². The first kappa shape index (κ1) is 23.8. The van der Waals surface area contributed by atoms with E-state index in [-0.39, 0.29) is 6.04 Å². The molecule has 2 heterocycles. The third kappa shape index (κ3) is 6.38. The van der Waals surface area contributed by atoms with Crippen molar-refractivity contribution in [3.8, 4) is 0 Å². The second kappa shape index (κ2) is 11.7. The van der Waals surface area contributed by atoms with Crippen molar-refractivity contribution >= 4 is 17.5 Å². The maximum absolute atomic E-state index is 12.6. The molecule has 6 nitrogen and oxygen atoms in total. The van der Waals surface area contributed by atoms with Gasteiger partial charge in [-0.3, -0.25) is 14.5 Å². The molecular formula is C27H40N4O2. The highest BCUT2D eigenvalue weighted by atomic mass is 16.2. The number of hydrogen-bond donors (Lipinski definition) is 2. The van der Waals surface area contributed by atoms with E-state index >= 15 is 0 Å². The summed E-state index contributed by atoms with van der Waals surface area (Å²) in [4.78, 5) is 29.7. The van der Waals surface area contributed by atoms with Crippen molar-refractivity contribution in [1.82, 2.24) is 15.5 Å². The Balaban J connectivity index is 1.36. The van der Waals surface area contributed by atoms with Crippen LogP contribution in [0.1, 0.15) is 75.0 Å². The molecule has 1 aromatic rings. The van der Waals surface area contributed by atoms with Gasteiger partial charge in [0.2, 0.25) is 0 Å². The summed E-state index contributed by atoms with van der Waals surface area (Å²) in [5.74, 6) is -1.04. The van der Waals surface area contributed by atoms with E-state index < -0.39 is 11.8 Å². The topological polar surface area (TPSA) is 64.7 Å². The summed E-state index contributed by atoms with van der Waals surface area (Å²) in [5, 5.41) is 5.75. The molecule has 0 saturated carbocycles. The van der Waals surface area contributed by atoms with Crippen LogP contribution in [0.25, 0.3) is 0 Å². The van der Waals surface area contributed by atoms with Crippen LogP contribution < -0.4 is 15.5 Å². The van der Waals surface area contributed by atoms with Gasteiger partial charge in [0.1, 0.15) is 0 Å². The molecule has 1 aromatic carbocycles. The van der Waals surface area contributed by atoms with Gasteiger partial charge in [-0.1, -0.05) is 30.2 Å². The maximum Gasteiger partial charge on any atom is 0.309 e. The van der Waals surface area contributed by atoms with Crippen molar-refractivity contribution in [3.63, 3.8) is 0 Å². The highest BCUT2D eigenvalue weighted by molar-refractivity contribution is 6.35. The maximum atomic E-state index is 12.6. The van der Waals surface area contributed by atoms with Crippen LogP contribution in [0, 0.1) is 0 Å². The van der Waals surface area contributed by atoms with Crippen LogP contribution in [0.4, 0.5) is 5.69 Å². The third-order valence-corrected chi connectivity index (χ3v) is 7.45. The van der Waals surface area contributed by atoms with Crippen molar-refractivity contribution in [2.24, 2.45) is 0 Å². The summed E-state index contributed by atoms with van der Waals surface area (Å²) in [6, 6.07) is 6.88. The first-order valence-electron chi connectivity index (χ1n) is 12.9. The molecule has 3 aliphatic rings. The average Bonchev–Trinajstić information content (AvgIpc) is 2.85. The first-order chi connectivity index (χ1) is 16.1. The molecular weight excluding hydrogens is 412 g/mol. The SMILES string of the molecule is CN1CCCc2cc([C@H](CNC(=O)C(=O)NCCC3=CCCCC3)N3CCCCC3)ccc21. The molecule has 2 N–H and O–H groups in total. The second-order valence-corrected chi connectivity index (χ2v) is 9.85. The van der Waals surface area contributed by atoms with Crippen LogP contribution in [-0.2, 0) is 16.0 Å². The summed E-state index contributed by atoms with van der Waals surface area (Å²) in [6.07, 6.45) is 13.8. The van der Waals surface area contributed by atoms with Crippen molar-refractivity contribution in [2.75, 3.05) is 44.7 Å². The van der Waals surface area contributed by atoms with Crippen molar-refractivity contribution in [3.05, 3.63) is 41.0 Å². The molecule has 33 heavy (non-hydrogen) atoms. The van der Waals surface area contributed by atoms with Gasteiger partial charge < -0.3 is 15.5 Å². The van der Waals surface area contributed by atoms with Gasteiger partial charge in [0.15, 0.2) is 0 Å². The molecule has 1 saturated heterocycles. The zero-order valence-corrected chi connectivity index (χ0v) is 20.2. The molecule has 0 spiro atoms. The zero-order chi connectivity index (χ0) is 23.0. The Morgan fingerprint density at radius 1 is 0.939 bits per heavy atom. The summed E-state index contributed by atoms with van der Waals surface area (Å²) in [6.45, 7) is 4.18. The van der Waals surface area contributed by atoms with Crippen molar-refractivity contribution in [1.29, 1.82) is 0 Å². The number of benzene rings is 1. The minimum atomic E-state index is -0.521. The number of amides is 2. The summed E-state index contributed by atoms with van der Waals surface area (Å²) in [5.41, 5.74) is 5.37. The minimum absolute atomic E-state index is 0.104. The number of piperidine rings is 1. The molecule has 0 aromatic heterocycles. The van der Waals surface area contributed by atoms with E-state index in [2.05, 4.69) is 51.8 Å². The number of fused-ring (bicyclic) bond motifs is 1. The number of allylic oxidation sites excluding steroid dienone is 1. The molecule has 1 aliphatic carbocycles. The van der Waals surface area contributed by atoms with E-state index in [4.69, 9.17) is 0 Å². The van der Waals surface area contributed by atoms with Gasteiger partial charge in [0.05, 0.1) is 6.04 Å². The van der Waals surface area contributed by atoms with Crippen LogP contribution >= 0.6 is 0 Å². The molecule has 1 fully saturated rings. The number of aryl methyl sites for hydroxylation is 1. The number of carbonyl (C=O) groups excluding carboxylic acids is 2. The lowest BCUT2D eigenvalue weighted by Gasteiger charge is -2.36. The lowest BCUT2D eigenvalue weighted by atomic mass is 9.95. The van der Waals surface area contributed by atoms with E-state index in [1.807, 2.05) is 0 Å².